The lowest BCUT2D eigenvalue weighted by atomic mass is 10.2. The van der Waals surface area contributed by atoms with Gasteiger partial charge in [-0.05, 0) is 42.1 Å². The van der Waals surface area contributed by atoms with Gasteiger partial charge in [-0.1, -0.05) is 13.0 Å². The second-order valence-corrected chi connectivity index (χ2v) is 7.75. The molecule has 3 heterocycles. The van der Waals surface area contributed by atoms with Crippen molar-refractivity contribution in [1.82, 2.24) is 20.5 Å². The molecule has 146 valence electrons. The summed E-state index contributed by atoms with van der Waals surface area (Å²) in [6, 6.07) is 6.43. The molecule has 0 aliphatic carbocycles. The molecule has 0 spiro atoms. The van der Waals surface area contributed by atoms with Crippen molar-refractivity contribution >= 4 is 23.1 Å². The summed E-state index contributed by atoms with van der Waals surface area (Å²) in [5, 5.41) is 8.86. The molecule has 2 N–H and O–H groups in total. The third-order valence-electron chi connectivity index (χ3n) is 5.02. The molecule has 1 fully saturated rings. The van der Waals surface area contributed by atoms with Gasteiger partial charge in [0.05, 0.1) is 6.54 Å². The average molecular weight is 387 g/mol. The van der Waals surface area contributed by atoms with Gasteiger partial charge in [-0.2, -0.15) is 0 Å². The number of aromatic nitrogens is 1. The van der Waals surface area contributed by atoms with Gasteiger partial charge >= 0.3 is 0 Å². The molecule has 0 bridgehead atoms. The number of thiophene rings is 1. The second kappa shape index (κ2) is 9.71. The first-order chi connectivity index (χ1) is 13.2. The summed E-state index contributed by atoms with van der Waals surface area (Å²) in [7, 11) is 1.80. The van der Waals surface area contributed by atoms with Crippen LogP contribution in [-0.2, 0) is 13.1 Å². The van der Waals surface area contributed by atoms with E-state index >= 15 is 0 Å². The number of anilines is 1. The second-order valence-electron chi connectivity index (χ2n) is 6.75. The number of likely N-dealkylation sites (N-methyl/N-ethyl adjacent to an activating group) is 1. The van der Waals surface area contributed by atoms with Gasteiger partial charge in [0.25, 0.3) is 0 Å². The van der Waals surface area contributed by atoms with Gasteiger partial charge in [-0.25, -0.2) is 4.98 Å². The van der Waals surface area contributed by atoms with Crippen molar-refractivity contribution in [2.24, 2.45) is 4.99 Å². The number of pyridine rings is 1. The first kappa shape index (κ1) is 19.6. The van der Waals surface area contributed by atoms with Crippen LogP contribution in [0.3, 0.4) is 0 Å². The molecule has 0 atom stereocenters. The first-order valence-electron chi connectivity index (χ1n) is 9.59. The number of guanidine groups is 1. The molecular weight excluding hydrogens is 356 g/mol. The van der Waals surface area contributed by atoms with E-state index in [-0.39, 0.29) is 0 Å². The highest BCUT2D eigenvalue weighted by Gasteiger charge is 2.16. The smallest absolute Gasteiger partial charge is 0.191 e. The van der Waals surface area contributed by atoms with E-state index in [0.29, 0.717) is 6.54 Å². The average Bonchev–Trinajstić information content (AvgIpc) is 3.13. The quantitative estimate of drug-likeness (QED) is 0.590. The minimum atomic E-state index is 0.708. The van der Waals surface area contributed by atoms with Crippen LogP contribution in [-0.4, -0.2) is 55.6 Å². The molecule has 1 aliphatic heterocycles. The zero-order chi connectivity index (χ0) is 19.1. The van der Waals surface area contributed by atoms with E-state index in [9.17, 15) is 0 Å². The van der Waals surface area contributed by atoms with Gasteiger partial charge in [-0.3, -0.25) is 4.99 Å². The Bertz CT molecular complexity index is 731. The molecule has 1 aliphatic rings. The van der Waals surface area contributed by atoms with E-state index in [4.69, 9.17) is 0 Å². The third kappa shape index (κ3) is 5.43. The van der Waals surface area contributed by atoms with Crippen LogP contribution in [0.5, 0.6) is 0 Å². The Kier molecular flexibility index (Phi) is 7.06. The Labute approximate surface area is 166 Å². The van der Waals surface area contributed by atoms with Crippen molar-refractivity contribution in [3.05, 3.63) is 45.8 Å². The fourth-order valence-corrected chi connectivity index (χ4v) is 4.00. The van der Waals surface area contributed by atoms with Gasteiger partial charge in [0, 0.05) is 50.8 Å². The Morgan fingerprint density at radius 1 is 1.15 bits per heavy atom. The van der Waals surface area contributed by atoms with Crippen molar-refractivity contribution < 1.29 is 0 Å². The highest BCUT2D eigenvalue weighted by Crippen LogP contribution is 2.15. The van der Waals surface area contributed by atoms with Crippen LogP contribution in [0.25, 0.3) is 0 Å². The molecular formula is C20H30N6S. The van der Waals surface area contributed by atoms with E-state index in [1.54, 1.807) is 18.4 Å². The molecule has 0 saturated carbocycles. The maximum absolute atomic E-state index is 4.66. The number of aryl methyl sites for hydroxylation is 1. The fourth-order valence-electron chi connectivity index (χ4n) is 3.16. The standard InChI is InChI=1S/C20H30N6S/c1-4-25-8-10-26(11-9-25)19-6-5-17(13-22-19)14-23-20(21-3)24-15-18-16(2)7-12-27-18/h5-7,12-13H,4,8-11,14-15H2,1-3H3,(H2,21,23,24). The Balaban J connectivity index is 1.47. The summed E-state index contributed by atoms with van der Waals surface area (Å²) in [4.78, 5) is 15.2. The lowest BCUT2D eigenvalue weighted by molar-refractivity contribution is 0.270. The zero-order valence-corrected chi connectivity index (χ0v) is 17.4. The van der Waals surface area contributed by atoms with Gasteiger partial charge in [0.15, 0.2) is 5.96 Å². The van der Waals surface area contributed by atoms with Gasteiger partial charge in [0.2, 0.25) is 0 Å². The monoisotopic (exact) mass is 386 g/mol. The van der Waals surface area contributed by atoms with Crippen LogP contribution in [0, 0.1) is 6.92 Å². The molecule has 27 heavy (non-hydrogen) atoms. The number of hydrogen-bond acceptors (Lipinski definition) is 5. The number of nitrogens with zero attached hydrogens (tertiary/aromatic N) is 4. The third-order valence-corrected chi connectivity index (χ3v) is 6.04. The Hall–Kier alpha value is -2.12. The molecule has 0 amide bonds. The van der Waals surface area contributed by atoms with Crippen molar-refractivity contribution in [3.63, 3.8) is 0 Å². The van der Waals surface area contributed by atoms with Crippen LogP contribution in [0.4, 0.5) is 5.82 Å². The molecule has 6 nitrogen and oxygen atoms in total. The fraction of sp³-hybridized carbons (Fsp3) is 0.500. The lowest BCUT2D eigenvalue weighted by Gasteiger charge is -2.34. The molecule has 7 heteroatoms. The van der Waals surface area contributed by atoms with Gasteiger partial charge < -0.3 is 20.4 Å². The van der Waals surface area contributed by atoms with Crippen LogP contribution in [0.2, 0.25) is 0 Å². The van der Waals surface area contributed by atoms with E-state index in [1.165, 1.54) is 10.4 Å². The van der Waals surface area contributed by atoms with Gasteiger partial charge in [-0.15, -0.1) is 11.3 Å². The van der Waals surface area contributed by atoms with Crippen molar-refractivity contribution in [2.75, 3.05) is 44.7 Å². The van der Waals surface area contributed by atoms with E-state index in [2.05, 4.69) is 67.8 Å². The number of piperazine rings is 1. The molecule has 3 rings (SSSR count). The van der Waals surface area contributed by atoms with Crippen molar-refractivity contribution in [2.45, 2.75) is 26.9 Å². The summed E-state index contributed by atoms with van der Waals surface area (Å²) in [6.45, 7) is 11.3. The maximum Gasteiger partial charge on any atom is 0.191 e. The predicted octanol–water partition coefficient (Wildman–Crippen LogP) is 2.46. The lowest BCUT2D eigenvalue weighted by Crippen LogP contribution is -2.46. The Morgan fingerprint density at radius 2 is 1.93 bits per heavy atom. The van der Waals surface area contributed by atoms with E-state index < -0.39 is 0 Å². The minimum absolute atomic E-state index is 0.708. The first-order valence-corrected chi connectivity index (χ1v) is 10.5. The van der Waals surface area contributed by atoms with Crippen LogP contribution >= 0.6 is 11.3 Å². The summed E-state index contributed by atoms with van der Waals surface area (Å²) < 4.78 is 0. The number of hydrogen-bond donors (Lipinski definition) is 2. The predicted molar refractivity (Wildman–Crippen MR) is 115 cm³/mol. The summed E-state index contributed by atoms with van der Waals surface area (Å²) in [5.74, 6) is 1.88. The molecule has 0 aromatic carbocycles. The molecule has 0 radical (unpaired) electrons. The normalized spacial score (nSPS) is 15.8. The SMILES string of the molecule is CCN1CCN(c2ccc(CNC(=NC)NCc3sccc3C)cn2)CC1. The number of aliphatic imine (C=N–C) groups is 1. The topological polar surface area (TPSA) is 55.8 Å². The van der Waals surface area contributed by atoms with E-state index in [1.807, 2.05) is 6.20 Å². The van der Waals surface area contributed by atoms with Crippen molar-refractivity contribution in [1.29, 1.82) is 0 Å². The maximum atomic E-state index is 4.66. The summed E-state index contributed by atoms with van der Waals surface area (Å²) in [5.41, 5.74) is 2.48. The van der Waals surface area contributed by atoms with Crippen molar-refractivity contribution in [3.8, 4) is 0 Å². The zero-order valence-electron chi connectivity index (χ0n) is 16.5. The highest BCUT2D eigenvalue weighted by atomic mass is 32.1. The number of nitrogens with one attached hydrogen (secondary N) is 2. The molecule has 2 aromatic rings. The molecule has 0 unspecified atom stereocenters. The van der Waals surface area contributed by atoms with E-state index in [0.717, 1.165) is 56.6 Å². The largest absolute Gasteiger partial charge is 0.354 e. The summed E-state index contributed by atoms with van der Waals surface area (Å²) >= 11 is 1.77. The molecule has 1 saturated heterocycles. The van der Waals surface area contributed by atoms with Crippen LogP contribution < -0.4 is 15.5 Å². The number of rotatable bonds is 6. The van der Waals surface area contributed by atoms with Crippen LogP contribution in [0.1, 0.15) is 22.9 Å². The molecule has 2 aromatic heterocycles. The Morgan fingerprint density at radius 3 is 2.52 bits per heavy atom. The minimum Gasteiger partial charge on any atom is -0.354 e. The van der Waals surface area contributed by atoms with Crippen LogP contribution in [0.15, 0.2) is 34.8 Å². The highest BCUT2D eigenvalue weighted by molar-refractivity contribution is 7.10. The van der Waals surface area contributed by atoms with Gasteiger partial charge in [0.1, 0.15) is 5.82 Å². The summed E-state index contributed by atoms with van der Waals surface area (Å²) in [6.07, 6.45) is 1.96.